The lowest BCUT2D eigenvalue weighted by atomic mass is 9.93. The molecular weight excluding hydrogens is 459 g/mol. The highest BCUT2D eigenvalue weighted by Crippen LogP contribution is 2.36. The number of carbonyl (C=O) groups is 1. The quantitative estimate of drug-likeness (QED) is 0.341. The fourth-order valence-electron chi connectivity index (χ4n) is 3.91. The number of fused-ring (bicyclic) bond motifs is 2. The van der Waals surface area contributed by atoms with Crippen LogP contribution in [0.1, 0.15) is 15.9 Å². The molecule has 0 bridgehead atoms. The van der Waals surface area contributed by atoms with E-state index in [2.05, 4.69) is 40.8 Å². The predicted octanol–water partition coefficient (Wildman–Crippen LogP) is 3.77. The minimum absolute atomic E-state index is 0.205. The van der Waals surface area contributed by atoms with Crippen LogP contribution in [0.25, 0.3) is 33.2 Å². The highest BCUT2D eigenvalue weighted by molar-refractivity contribution is 6.36. The molecule has 0 radical (unpaired) electrons. The van der Waals surface area contributed by atoms with Crippen LogP contribution in [0.5, 0.6) is 0 Å². The summed E-state index contributed by atoms with van der Waals surface area (Å²) >= 11 is 6.56. The average Bonchev–Trinajstić information content (AvgIpc) is 3.33. The third-order valence-corrected chi connectivity index (χ3v) is 5.74. The second-order valence-corrected chi connectivity index (χ2v) is 7.90. The minimum Gasteiger partial charge on any atom is -0.368 e. The molecule has 2 aromatic carbocycles. The number of anilines is 1. The van der Waals surface area contributed by atoms with E-state index >= 15 is 0 Å². The van der Waals surface area contributed by atoms with Gasteiger partial charge in [0.2, 0.25) is 0 Å². The first-order valence-corrected chi connectivity index (χ1v) is 10.8. The predicted molar refractivity (Wildman–Crippen MR) is 127 cm³/mol. The van der Waals surface area contributed by atoms with Gasteiger partial charge in [-0.15, -0.1) is 5.10 Å². The Morgan fingerprint density at radius 2 is 2.06 bits per heavy atom. The summed E-state index contributed by atoms with van der Waals surface area (Å²) in [6.07, 6.45) is 5.05. The molecule has 5 rings (SSSR count). The Bertz CT molecular complexity index is 1540. The number of imidazole rings is 1. The number of halogens is 2. The number of hydrogen-bond acceptors (Lipinski definition) is 7. The molecule has 0 saturated carbocycles. The number of rotatable bonds is 6. The smallest absolute Gasteiger partial charge is 0.251 e. The van der Waals surface area contributed by atoms with E-state index in [0.29, 0.717) is 57.0 Å². The Labute approximate surface area is 197 Å². The van der Waals surface area contributed by atoms with Gasteiger partial charge in [0, 0.05) is 30.1 Å². The van der Waals surface area contributed by atoms with E-state index in [0.717, 1.165) is 5.56 Å². The average molecular weight is 477 g/mol. The molecule has 34 heavy (non-hydrogen) atoms. The van der Waals surface area contributed by atoms with Crippen molar-refractivity contribution in [2.45, 2.75) is 6.42 Å². The summed E-state index contributed by atoms with van der Waals surface area (Å²) in [6.45, 7) is 0.484. The van der Waals surface area contributed by atoms with Gasteiger partial charge in [0.25, 0.3) is 5.91 Å². The maximum absolute atomic E-state index is 14.5. The van der Waals surface area contributed by atoms with Crippen LogP contribution < -0.4 is 10.6 Å². The second-order valence-electron chi connectivity index (χ2n) is 7.49. The third-order valence-electron chi connectivity index (χ3n) is 5.42. The van der Waals surface area contributed by atoms with Crippen LogP contribution in [0.2, 0.25) is 5.02 Å². The molecule has 9 nitrogen and oxygen atoms in total. The summed E-state index contributed by atoms with van der Waals surface area (Å²) in [7, 11) is 1.50. The van der Waals surface area contributed by atoms with Gasteiger partial charge < -0.3 is 15.6 Å². The van der Waals surface area contributed by atoms with Crippen molar-refractivity contribution < 1.29 is 9.18 Å². The standard InChI is InChI=1S/C23H18ClFN8O/c1-26-23(34)14-6-13(7-15(25)8-14)18-12(9-17(24)16-3-5-32-33-19(16)18)2-4-27-21-20-22(29-10-28-20)31-11-30-21/h3,5-11H,2,4H2,1H3,(H,26,34)(H2,27,28,29,30,31). The van der Waals surface area contributed by atoms with Gasteiger partial charge in [0.1, 0.15) is 23.2 Å². The number of nitrogens with zero attached hydrogens (tertiary/aromatic N) is 5. The summed E-state index contributed by atoms with van der Waals surface area (Å²) in [5.41, 5.74) is 3.97. The lowest BCUT2D eigenvalue weighted by Gasteiger charge is -2.15. The Morgan fingerprint density at radius 3 is 2.91 bits per heavy atom. The number of hydrogen-bond donors (Lipinski definition) is 3. The van der Waals surface area contributed by atoms with Gasteiger partial charge in [-0.1, -0.05) is 11.6 Å². The van der Waals surface area contributed by atoms with Gasteiger partial charge in [-0.2, -0.15) is 5.10 Å². The van der Waals surface area contributed by atoms with Crippen molar-refractivity contribution in [2.75, 3.05) is 18.9 Å². The zero-order valence-corrected chi connectivity index (χ0v) is 18.7. The first kappa shape index (κ1) is 21.7. The van der Waals surface area contributed by atoms with Crippen molar-refractivity contribution in [3.8, 4) is 11.1 Å². The number of carbonyl (C=O) groups excluding carboxylic acids is 1. The normalized spacial score (nSPS) is 11.1. The molecule has 3 N–H and O–H groups in total. The summed E-state index contributed by atoms with van der Waals surface area (Å²) < 4.78 is 14.5. The Hall–Kier alpha value is -4.18. The van der Waals surface area contributed by atoms with Crippen LogP contribution in [0.3, 0.4) is 0 Å². The number of aromatic nitrogens is 6. The number of amides is 1. The number of H-pyrrole nitrogens is 1. The monoisotopic (exact) mass is 476 g/mol. The third kappa shape index (κ3) is 3.99. The highest BCUT2D eigenvalue weighted by Gasteiger charge is 2.18. The molecule has 5 aromatic rings. The van der Waals surface area contributed by atoms with Gasteiger partial charge in [-0.3, -0.25) is 4.79 Å². The molecule has 170 valence electrons. The van der Waals surface area contributed by atoms with E-state index < -0.39 is 5.82 Å². The van der Waals surface area contributed by atoms with E-state index in [4.69, 9.17) is 11.6 Å². The van der Waals surface area contributed by atoms with Crippen molar-refractivity contribution in [1.82, 2.24) is 35.5 Å². The molecule has 1 amide bonds. The summed E-state index contributed by atoms with van der Waals surface area (Å²) in [6, 6.07) is 7.79. The molecule has 0 atom stereocenters. The molecule has 3 heterocycles. The number of nitrogens with one attached hydrogen (secondary N) is 3. The largest absolute Gasteiger partial charge is 0.368 e. The van der Waals surface area contributed by atoms with Crippen molar-refractivity contribution >= 4 is 45.4 Å². The van der Waals surface area contributed by atoms with Gasteiger partial charge in [-0.25, -0.2) is 19.3 Å². The highest BCUT2D eigenvalue weighted by atomic mass is 35.5. The van der Waals surface area contributed by atoms with Crippen LogP contribution in [-0.4, -0.2) is 49.6 Å². The van der Waals surface area contributed by atoms with E-state index in [-0.39, 0.29) is 11.5 Å². The second kappa shape index (κ2) is 8.99. The van der Waals surface area contributed by atoms with E-state index in [1.54, 1.807) is 24.7 Å². The van der Waals surface area contributed by atoms with Gasteiger partial charge in [-0.05, 0) is 47.9 Å². The van der Waals surface area contributed by atoms with Crippen molar-refractivity contribution in [3.05, 3.63) is 71.2 Å². The van der Waals surface area contributed by atoms with Crippen molar-refractivity contribution in [2.24, 2.45) is 0 Å². The van der Waals surface area contributed by atoms with Crippen LogP contribution >= 0.6 is 11.6 Å². The lowest BCUT2D eigenvalue weighted by Crippen LogP contribution is -2.18. The summed E-state index contributed by atoms with van der Waals surface area (Å²) in [5, 5.41) is 15.3. The molecule has 0 aliphatic heterocycles. The van der Waals surface area contributed by atoms with E-state index in [1.807, 2.05) is 6.07 Å². The fraction of sp³-hybridized carbons (Fsp3) is 0.130. The van der Waals surface area contributed by atoms with Crippen LogP contribution in [0, 0.1) is 5.82 Å². The molecule has 0 spiro atoms. The molecule has 3 aromatic heterocycles. The van der Waals surface area contributed by atoms with Gasteiger partial charge in [0.05, 0.1) is 17.5 Å². The van der Waals surface area contributed by atoms with Crippen molar-refractivity contribution in [3.63, 3.8) is 0 Å². The molecule has 0 fully saturated rings. The molecule has 11 heteroatoms. The molecule has 0 aliphatic carbocycles. The Kier molecular flexibility index (Phi) is 5.72. The van der Waals surface area contributed by atoms with Gasteiger partial charge >= 0.3 is 0 Å². The molecule has 0 unspecified atom stereocenters. The van der Waals surface area contributed by atoms with E-state index in [9.17, 15) is 9.18 Å². The maximum Gasteiger partial charge on any atom is 0.251 e. The van der Waals surface area contributed by atoms with Crippen molar-refractivity contribution in [1.29, 1.82) is 0 Å². The lowest BCUT2D eigenvalue weighted by molar-refractivity contribution is 0.0962. The van der Waals surface area contributed by atoms with Crippen LogP contribution in [0.15, 0.2) is 49.2 Å². The number of benzene rings is 2. The first-order valence-electron chi connectivity index (χ1n) is 10.4. The Balaban J connectivity index is 1.57. The van der Waals surface area contributed by atoms with Crippen LogP contribution in [-0.2, 0) is 6.42 Å². The zero-order valence-electron chi connectivity index (χ0n) is 17.9. The topological polar surface area (TPSA) is 121 Å². The molecular formula is C23H18ClFN8O. The van der Waals surface area contributed by atoms with E-state index in [1.165, 1.54) is 25.5 Å². The Morgan fingerprint density at radius 1 is 1.18 bits per heavy atom. The minimum atomic E-state index is -0.533. The fourth-order valence-corrected chi connectivity index (χ4v) is 4.19. The van der Waals surface area contributed by atoms with Gasteiger partial charge in [0.15, 0.2) is 11.5 Å². The first-order chi connectivity index (χ1) is 16.5. The SMILES string of the molecule is CNC(=O)c1cc(F)cc(-c2c(CCNc3ncnc4nc[nH]c34)cc(Cl)c3ccnnc23)c1. The molecule has 0 aliphatic rings. The maximum atomic E-state index is 14.5. The zero-order chi connectivity index (χ0) is 23.7. The van der Waals surface area contributed by atoms with Crippen LogP contribution in [0.4, 0.5) is 10.2 Å². The number of aromatic amines is 1. The summed E-state index contributed by atoms with van der Waals surface area (Å²) in [4.78, 5) is 27.7. The molecule has 0 saturated heterocycles. The summed E-state index contributed by atoms with van der Waals surface area (Å²) in [5.74, 6) is -0.307.